The van der Waals surface area contributed by atoms with E-state index >= 15 is 0 Å². The first-order valence-corrected chi connectivity index (χ1v) is 9.83. The van der Waals surface area contributed by atoms with Gasteiger partial charge in [0.05, 0.1) is 6.61 Å². The molecule has 154 valence electrons. The van der Waals surface area contributed by atoms with Gasteiger partial charge in [-0.25, -0.2) is 13.2 Å². The molecule has 0 heterocycles. The molecule has 0 aliphatic carbocycles. The Balaban J connectivity index is 1.54. The summed E-state index contributed by atoms with van der Waals surface area (Å²) in [6, 6.07) is 20.1. The Morgan fingerprint density at radius 1 is 0.742 bits per heavy atom. The van der Waals surface area contributed by atoms with Gasteiger partial charge in [-0.1, -0.05) is 48.2 Å². The van der Waals surface area contributed by atoms with Gasteiger partial charge in [-0.15, -0.1) is 0 Å². The van der Waals surface area contributed by atoms with Crippen LogP contribution in [-0.4, -0.2) is 13.7 Å². The van der Waals surface area contributed by atoms with Crippen LogP contribution in [0.15, 0.2) is 72.8 Å². The van der Waals surface area contributed by atoms with E-state index in [-0.39, 0.29) is 11.2 Å². The number of halogens is 3. The zero-order chi connectivity index (χ0) is 21.8. The normalized spacial score (nSPS) is 10.7. The number of hydrogen-bond acceptors (Lipinski definition) is 1. The van der Waals surface area contributed by atoms with Gasteiger partial charge in [-0.3, -0.25) is 0 Å². The summed E-state index contributed by atoms with van der Waals surface area (Å²) in [5, 5.41) is 0.815. The SMILES string of the molecule is COCCc1ccc(-c2ccc(C#Cc3ccc4c(F)c(F)ccc4c3)cc2)c(F)c1. The van der Waals surface area contributed by atoms with Crippen LogP contribution in [0, 0.1) is 29.3 Å². The summed E-state index contributed by atoms with van der Waals surface area (Å²) in [5.74, 6) is 4.09. The highest BCUT2D eigenvalue weighted by molar-refractivity contribution is 5.84. The highest BCUT2D eigenvalue weighted by Crippen LogP contribution is 2.25. The molecule has 4 heteroatoms. The summed E-state index contributed by atoms with van der Waals surface area (Å²) in [6.07, 6.45) is 0.665. The van der Waals surface area contributed by atoms with Gasteiger partial charge < -0.3 is 4.74 Å². The van der Waals surface area contributed by atoms with E-state index < -0.39 is 11.6 Å². The highest BCUT2D eigenvalue weighted by atomic mass is 19.2. The van der Waals surface area contributed by atoms with Crippen molar-refractivity contribution >= 4 is 10.8 Å². The predicted molar refractivity (Wildman–Crippen MR) is 117 cm³/mol. The Bertz CT molecular complexity index is 1300. The summed E-state index contributed by atoms with van der Waals surface area (Å²) >= 11 is 0. The maximum absolute atomic E-state index is 14.5. The molecule has 0 spiro atoms. The molecule has 0 aliphatic heterocycles. The van der Waals surface area contributed by atoms with Gasteiger partial charge >= 0.3 is 0 Å². The molecule has 4 aromatic carbocycles. The maximum atomic E-state index is 14.5. The van der Waals surface area contributed by atoms with E-state index in [2.05, 4.69) is 11.8 Å². The topological polar surface area (TPSA) is 9.23 Å². The summed E-state index contributed by atoms with van der Waals surface area (Å²) in [7, 11) is 1.62. The lowest BCUT2D eigenvalue weighted by Crippen LogP contribution is -1.96. The third kappa shape index (κ3) is 4.63. The molecule has 0 aliphatic rings. The Hall–Kier alpha value is -3.55. The van der Waals surface area contributed by atoms with Crippen molar-refractivity contribution in [3.8, 4) is 23.0 Å². The van der Waals surface area contributed by atoms with Gasteiger partial charge in [0.2, 0.25) is 0 Å². The molecule has 0 amide bonds. The monoisotopic (exact) mass is 416 g/mol. The minimum absolute atomic E-state index is 0.227. The molecule has 31 heavy (non-hydrogen) atoms. The van der Waals surface area contributed by atoms with Crippen LogP contribution in [0.3, 0.4) is 0 Å². The van der Waals surface area contributed by atoms with E-state index in [1.807, 2.05) is 30.3 Å². The van der Waals surface area contributed by atoms with Crippen molar-refractivity contribution in [3.05, 3.63) is 107 Å². The Morgan fingerprint density at radius 2 is 1.48 bits per heavy atom. The van der Waals surface area contributed by atoms with Gasteiger partial charge in [-0.2, -0.15) is 0 Å². The molecule has 0 atom stereocenters. The lowest BCUT2D eigenvalue weighted by molar-refractivity contribution is 0.202. The van der Waals surface area contributed by atoms with Gasteiger partial charge in [-0.05, 0) is 59.3 Å². The third-order valence-corrected chi connectivity index (χ3v) is 5.08. The average Bonchev–Trinajstić information content (AvgIpc) is 2.79. The molecule has 0 aromatic heterocycles. The number of ether oxygens (including phenoxy) is 1. The second-order valence-corrected chi connectivity index (χ2v) is 7.18. The largest absolute Gasteiger partial charge is 0.384 e. The highest BCUT2D eigenvalue weighted by Gasteiger charge is 2.08. The number of methoxy groups -OCH3 is 1. The van der Waals surface area contributed by atoms with Gasteiger partial charge in [0.25, 0.3) is 0 Å². The maximum Gasteiger partial charge on any atom is 0.166 e. The van der Waals surface area contributed by atoms with Gasteiger partial charge in [0.1, 0.15) is 5.82 Å². The fourth-order valence-corrected chi connectivity index (χ4v) is 3.39. The van der Waals surface area contributed by atoms with Crippen LogP contribution in [0.25, 0.3) is 21.9 Å². The molecular weight excluding hydrogens is 397 g/mol. The van der Waals surface area contributed by atoms with Crippen LogP contribution in [-0.2, 0) is 11.2 Å². The van der Waals surface area contributed by atoms with Crippen molar-refractivity contribution < 1.29 is 17.9 Å². The molecule has 0 radical (unpaired) electrons. The molecular formula is C27H19F3O. The Kier molecular flexibility index (Phi) is 6.06. The number of hydrogen-bond donors (Lipinski definition) is 0. The standard InChI is InChI=1S/C27H19F3O/c1-31-15-14-20-6-11-23(26(29)17-20)21-8-4-18(5-9-21)2-3-19-7-12-24-22(16-19)10-13-25(28)27(24)30/h4-13,16-17H,14-15H2,1H3. The minimum atomic E-state index is -0.868. The lowest BCUT2D eigenvalue weighted by Gasteiger charge is -2.07. The quantitative estimate of drug-likeness (QED) is 0.345. The number of fused-ring (bicyclic) bond motifs is 1. The van der Waals surface area contributed by atoms with Crippen LogP contribution >= 0.6 is 0 Å². The third-order valence-electron chi connectivity index (χ3n) is 5.08. The minimum Gasteiger partial charge on any atom is -0.384 e. The first kappa shape index (κ1) is 20.7. The average molecular weight is 416 g/mol. The molecule has 0 unspecified atom stereocenters. The fraction of sp³-hybridized carbons (Fsp3) is 0.111. The van der Waals surface area contributed by atoms with Crippen LogP contribution in [0.1, 0.15) is 16.7 Å². The Morgan fingerprint density at radius 3 is 2.23 bits per heavy atom. The second kappa shape index (κ2) is 9.07. The summed E-state index contributed by atoms with van der Waals surface area (Å²) < 4.78 is 46.7. The van der Waals surface area contributed by atoms with Gasteiger partial charge in [0.15, 0.2) is 11.6 Å². The second-order valence-electron chi connectivity index (χ2n) is 7.18. The van der Waals surface area contributed by atoms with Crippen LogP contribution in [0.4, 0.5) is 13.2 Å². The molecule has 0 bridgehead atoms. The molecule has 4 aromatic rings. The van der Waals surface area contributed by atoms with E-state index in [9.17, 15) is 13.2 Å². The van der Waals surface area contributed by atoms with Crippen molar-refractivity contribution in [2.24, 2.45) is 0 Å². The van der Waals surface area contributed by atoms with E-state index in [1.54, 1.807) is 25.3 Å². The molecule has 0 fully saturated rings. The first-order valence-electron chi connectivity index (χ1n) is 9.83. The van der Waals surface area contributed by atoms with E-state index in [0.717, 1.165) is 22.8 Å². The molecule has 0 saturated heterocycles. The van der Waals surface area contributed by atoms with Crippen LogP contribution in [0.5, 0.6) is 0 Å². The lowest BCUT2D eigenvalue weighted by atomic mass is 10.0. The fourth-order valence-electron chi connectivity index (χ4n) is 3.39. The zero-order valence-corrected chi connectivity index (χ0v) is 16.9. The van der Waals surface area contributed by atoms with E-state index in [4.69, 9.17) is 4.74 Å². The van der Waals surface area contributed by atoms with Crippen molar-refractivity contribution in [3.63, 3.8) is 0 Å². The van der Waals surface area contributed by atoms with E-state index in [0.29, 0.717) is 29.5 Å². The smallest absolute Gasteiger partial charge is 0.166 e. The zero-order valence-electron chi connectivity index (χ0n) is 16.9. The first-order chi connectivity index (χ1) is 15.0. The van der Waals surface area contributed by atoms with Crippen LogP contribution in [0.2, 0.25) is 0 Å². The molecule has 1 nitrogen and oxygen atoms in total. The van der Waals surface area contributed by atoms with Crippen molar-refractivity contribution in [1.29, 1.82) is 0 Å². The number of rotatable bonds is 4. The Labute approximate surface area is 179 Å². The van der Waals surface area contributed by atoms with Crippen LogP contribution < -0.4 is 0 Å². The predicted octanol–water partition coefficient (Wildman–Crippen LogP) is 6.51. The molecule has 0 saturated carbocycles. The van der Waals surface area contributed by atoms with Crippen molar-refractivity contribution in [1.82, 2.24) is 0 Å². The summed E-state index contributed by atoms with van der Waals surface area (Å²) in [6.45, 7) is 0.551. The van der Waals surface area contributed by atoms with Crippen molar-refractivity contribution in [2.75, 3.05) is 13.7 Å². The van der Waals surface area contributed by atoms with Gasteiger partial charge in [0, 0.05) is 29.2 Å². The summed E-state index contributed by atoms with van der Waals surface area (Å²) in [4.78, 5) is 0. The van der Waals surface area contributed by atoms with Crippen molar-refractivity contribution in [2.45, 2.75) is 6.42 Å². The number of benzene rings is 4. The molecule has 0 N–H and O–H groups in total. The van der Waals surface area contributed by atoms with E-state index in [1.165, 1.54) is 18.2 Å². The summed E-state index contributed by atoms with van der Waals surface area (Å²) in [5.41, 5.74) is 3.66. The molecule has 4 rings (SSSR count).